The number of carbonyl (C=O) groups is 1. The van der Waals surface area contributed by atoms with Gasteiger partial charge in [-0.1, -0.05) is 12.1 Å². The van der Waals surface area contributed by atoms with Crippen LogP contribution in [0.2, 0.25) is 0 Å². The first-order chi connectivity index (χ1) is 22.2. The highest BCUT2D eigenvalue weighted by molar-refractivity contribution is 5.93. The molecule has 0 bridgehead atoms. The van der Waals surface area contributed by atoms with E-state index < -0.39 is 23.4 Å². The molecule has 13 heteroatoms. The van der Waals surface area contributed by atoms with Crippen LogP contribution < -0.4 is 4.74 Å². The highest BCUT2D eigenvalue weighted by atomic mass is 19.1. The molecule has 0 atom stereocenters. The SMILES string of the molecule is COC(=O)c1ccc2nc(Cc3cc(F)c(-c4cccc(OCc5ccc(C#N)cc5F)n4)cc3F)n(Cc3ncnn3C)c2c1. The minimum absolute atomic E-state index is 0.0488. The standard InChI is InChI=1S/C33H24F3N7O3/c1-42-31(38-18-39-42)16-43-29-12-20(33(44)45-2)8-9-28(29)40-30(43)13-22-11-26(36)23(14-25(22)35)27-4-3-5-32(41-27)46-17-21-7-6-19(15-37)10-24(21)34/h3-12,14,18H,13,16-17H2,1-2H3. The maximum atomic E-state index is 15.6. The monoisotopic (exact) mass is 623 g/mol. The second-order valence-electron chi connectivity index (χ2n) is 10.3. The number of halogens is 3. The number of methoxy groups -OCH3 is 1. The molecule has 0 fully saturated rings. The van der Waals surface area contributed by atoms with Gasteiger partial charge in [0.1, 0.15) is 42.0 Å². The van der Waals surface area contributed by atoms with Crippen LogP contribution >= 0.6 is 0 Å². The molecule has 0 aliphatic rings. The van der Waals surface area contributed by atoms with E-state index in [1.54, 1.807) is 40.6 Å². The molecule has 0 aliphatic carbocycles. The molecule has 3 aromatic carbocycles. The summed E-state index contributed by atoms with van der Waals surface area (Å²) in [5, 5.41) is 13.0. The Balaban J connectivity index is 1.29. The van der Waals surface area contributed by atoms with Crippen LogP contribution in [0.5, 0.6) is 5.88 Å². The highest BCUT2D eigenvalue weighted by Gasteiger charge is 2.20. The first kappa shape index (κ1) is 30.0. The quantitative estimate of drug-likeness (QED) is 0.193. The van der Waals surface area contributed by atoms with Crippen molar-refractivity contribution in [3.63, 3.8) is 0 Å². The van der Waals surface area contributed by atoms with E-state index in [0.717, 1.165) is 18.2 Å². The van der Waals surface area contributed by atoms with Gasteiger partial charge in [-0.05, 0) is 54.1 Å². The van der Waals surface area contributed by atoms with Gasteiger partial charge in [-0.15, -0.1) is 0 Å². The zero-order valence-corrected chi connectivity index (χ0v) is 24.5. The fourth-order valence-corrected chi connectivity index (χ4v) is 4.95. The maximum absolute atomic E-state index is 15.6. The molecule has 46 heavy (non-hydrogen) atoms. The Bertz CT molecular complexity index is 2150. The Morgan fingerprint density at radius 3 is 2.50 bits per heavy atom. The van der Waals surface area contributed by atoms with Gasteiger partial charge < -0.3 is 14.0 Å². The lowest BCUT2D eigenvalue weighted by Gasteiger charge is -2.12. The van der Waals surface area contributed by atoms with Gasteiger partial charge in [0.25, 0.3) is 0 Å². The number of ether oxygens (including phenoxy) is 2. The molecule has 0 saturated heterocycles. The molecule has 0 aliphatic heterocycles. The van der Waals surface area contributed by atoms with Crippen LogP contribution in [0.25, 0.3) is 22.3 Å². The minimum Gasteiger partial charge on any atom is -0.473 e. The molecule has 3 aromatic heterocycles. The smallest absolute Gasteiger partial charge is 0.337 e. The number of carbonyl (C=O) groups excluding carboxylic acids is 1. The molecule has 3 heterocycles. The number of nitriles is 1. The van der Waals surface area contributed by atoms with Crippen molar-refractivity contribution < 1.29 is 27.4 Å². The van der Waals surface area contributed by atoms with E-state index in [1.807, 2.05) is 6.07 Å². The highest BCUT2D eigenvalue weighted by Crippen LogP contribution is 2.29. The predicted octanol–water partition coefficient (Wildman–Crippen LogP) is 5.52. The van der Waals surface area contributed by atoms with E-state index in [4.69, 9.17) is 14.7 Å². The number of hydrogen-bond donors (Lipinski definition) is 0. The summed E-state index contributed by atoms with van der Waals surface area (Å²) < 4.78 is 59.2. The fraction of sp³-hybridized carbons (Fsp3) is 0.152. The first-order valence-electron chi connectivity index (χ1n) is 13.9. The van der Waals surface area contributed by atoms with Crippen LogP contribution in [0.3, 0.4) is 0 Å². The summed E-state index contributed by atoms with van der Waals surface area (Å²) in [5.74, 6) is -1.46. The largest absolute Gasteiger partial charge is 0.473 e. The molecular weight excluding hydrogens is 599 g/mol. The summed E-state index contributed by atoms with van der Waals surface area (Å²) in [6.45, 7) is 0.0263. The van der Waals surface area contributed by atoms with Gasteiger partial charge in [0, 0.05) is 30.7 Å². The summed E-state index contributed by atoms with van der Waals surface area (Å²) >= 11 is 0. The van der Waals surface area contributed by atoms with E-state index >= 15 is 8.78 Å². The van der Waals surface area contributed by atoms with Crippen molar-refractivity contribution in [1.29, 1.82) is 5.26 Å². The number of pyridine rings is 1. The molecule has 0 N–H and O–H groups in total. The molecule has 0 radical (unpaired) electrons. The molecule has 6 rings (SSSR count). The number of rotatable bonds is 9. The van der Waals surface area contributed by atoms with E-state index in [0.29, 0.717) is 28.2 Å². The minimum atomic E-state index is -0.719. The zero-order valence-electron chi connectivity index (χ0n) is 24.5. The number of aryl methyl sites for hydroxylation is 1. The van der Waals surface area contributed by atoms with E-state index in [-0.39, 0.29) is 53.4 Å². The normalized spacial score (nSPS) is 11.0. The summed E-state index contributed by atoms with van der Waals surface area (Å²) in [6, 6.07) is 17.5. The van der Waals surface area contributed by atoms with Crippen LogP contribution in [-0.2, 0) is 31.4 Å². The van der Waals surface area contributed by atoms with Gasteiger partial charge in [-0.2, -0.15) is 10.4 Å². The Hall–Kier alpha value is -6.03. The number of nitrogens with zero attached hydrogens (tertiary/aromatic N) is 7. The van der Waals surface area contributed by atoms with Gasteiger partial charge in [-0.25, -0.2) is 32.9 Å². The van der Waals surface area contributed by atoms with Crippen molar-refractivity contribution in [1.82, 2.24) is 29.3 Å². The molecule has 230 valence electrons. The van der Waals surface area contributed by atoms with Crippen molar-refractivity contribution >= 4 is 17.0 Å². The van der Waals surface area contributed by atoms with Crippen LogP contribution in [0.15, 0.2) is 73.1 Å². The third-order valence-corrected chi connectivity index (χ3v) is 7.39. The number of esters is 1. The Kier molecular flexibility index (Phi) is 8.17. The number of benzene rings is 3. The van der Waals surface area contributed by atoms with Crippen molar-refractivity contribution in [2.24, 2.45) is 7.05 Å². The van der Waals surface area contributed by atoms with Crippen molar-refractivity contribution in [2.75, 3.05) is 7.11 Å². The van der Waals surface area contributed by atoms with Gasteiger partial charge >= 0.3 is 5.97 Å². The molecule has 6 aromatic rings. The molecule has 0 saturated carbocycles. The lowest BCUT2D eigenvalue weighted by Crippen LogP contribution is -2.11. The third-order valence-electron chi connectivity index (χ3n) is 7.39. The van der Waals surface area contributed by atoms with Crippen molar-refractivity contribution in [3.05, 3.63) is 124 Å². The van der Waals surface area contributed by atoms with Crippen LogP contribution in [-0.4, -0.2) is 42.4 Å². The third kappa shape index (κ3) is 6.00. The molecule has 0 spiro atoms. The van der Waals surface area contributed by atoms with Gasteiger partial charge in [0.2, 0.25) is 5.88 Å². The van der Waals surface area contributed by atoms with Gasteiger partial charge in [0.15, 0.2) is 0 Å². The van der Waals surface area contributed by atoms with E-state index in [2.05, 4.69) is 20.1 Å². The second-order valence-corrected chi connectivity index (χ2v) is 10.3. The average Bonchev–Trinajstić information content (AvgIpc) is 3.63. The lowest BCUT2D eigenvalue weighted by molar-refractivity contribution is 0.0601. The molecule has 0 amide bonds. The number of fused-ring (bicyclic) bond motifs is 1. The molecule has 0 unspecified atom stereocenters. The van der Waals surface area contributed by atoms with Crippen molar-refractivity contribution in [2.45, 2.75) is 19.6 Å². The number of aromatic nitrogens is 6. The summed E-state index contributed by atoms with van der Waals surface area (Å²) in [6.07, 6.45) is 1.33. The van der Waals surface area contributed by atoms with Crippen LogP contribution in [0.4, 0.5) is 13.2 Å². The maximum Gasteiger partial charge on any atom is 0.337 e. The zero-order chi connectivity index (χ0) is 32.4. The Labute approximate surface area is 260 Å². The molecule has 10 nitrogen and oxygen atoms in total. The fourth-order valence-electron chi connectivity index (χ4n) is 4.95. The Morgan fingerprint density at radius 2 is 1.76 bits per heavy atom. The van der Waals surface area contributed by atoms with E-state index in [9.17, 15) is 9.18 Å². The topological polar surface area (TPSA) is 121 Å². The van der Waals surface area contributed by atoms with Crippen molar-refractivity contribution in [3.8, 4) is 23.2 Å². The van der Waals surface area contributed by atoms with Gasteiger partial charge in [0.05, 0.1) is 47.6 Å². The average molecular weight is 624 g/mol. The van der Waals surface area contributed by atoms with E-state index in [1.165, 1.54) is 37.7 Å². The second kappa shape index (κ2) is 12.5. The summed E-state index contributed by atoms with van der Waals surface area (Å²) in [4.78, 5) is 25.4. The Morgan fingerprint density at radius 1 is 0.935 bits per heavy atom. The number of imidazole rings is 1. The summed E-state index contributed by atoms with van der Waals surface area (Å²) in [5.41, 5.74) is 1.90. The lowest BCUT2D eigenvalue weighted by atomic mass is 10.0. The predicted molar refractivity (Wildman–Crippen MR) is 159 cm³/mol. The summed E-state index contributed by atoms with van der Waals surface area (Å²) in [7, 11) is 3.02. The molecular formula is C33H24F3N7O3. The van der Waals surface area contributed by atoms with Crippen LogP contribution in [0, 0.1) is 28.8 Å². The van der Waals surface area contributed by atoms with Gasteiger partial charge in [-0.3, -0.25) is 4.68 Å². The van der Waals surface area contributed by atoms with Crippen LogP contribution in [0.1, 0.15) is 38.7 Å². The number of hydrogen-bond acceptors (Lipinski definition) is 8. The first-order valence-corrected chi connectivity index (χ1v) is 13.9.